The number of halogens is 2. The first kappa shape index (κ1) is 15.3. The molecule has 3 rings (SSSR count). The topological polar surface area (TPSA) is 44.4 Å². The second-order valence-corrected chi connectivity index (χ2v) is 7.15. The van der Waals surface area contributed by atoms with Crippen molar-refractivity contribution >= 4 is 39.1 Å². The molecule has 6 heteroatoms. The van der Waals surface area contributed by atoms with Gasteiger partial charge >= 0.3 is 0 Å². The quantitative estimate of drug-likeness (QED) is 0.857. The van der Waals surface area contributed by atoms with Crippen LogP contribution in [0.2, 0.25) is 5.02 Å². The average molecular weight is 373 g/mol. The van der Waals surface area contributed by atoms with E-state index in [4.69, 9.17) is 11.6 Å². The standard InChI is InChI=1S/C15H19BrClN3O/c16-11-3-4-13(12(17)6-11)19-15(21)9-20-7-10-2-1-5-18-14(10)8-20/h3-4,6,10,14,18H,1-2,5,7-9H2,(H,19,21)/t10-,14+/m0/s1. The van der Waals surface area contributed by atoms with E-state index in [9.17, 15) is 4.79 Å². The zero-order chi connectivity index (χ0) is 14.8. The molecule has 1 amide bonds. The summed E-state index contributed by atoms with van der Waals surface area (Å²) in [5.74, 6) is 0.695. The van der Waals surface area contributed by atoms with Crippen molar-refractivity contribution in [2.24, 2.45) is 5.92 Å². The van der Waals surface area contributed by atoms with E-state index in [0.29, 0.717) is 29.2 Å². The summed E-state index contributed by atoms with van der Waals surface area (Å²) in [6.45, 7) is 3.52. The minimum atomic E-state index is -0.00197. The van der Waals surface area contributed by atoms with Crippen molar-refractivity contribution in [1.29, 1.82) is 0 Å². The molecule has 4 nitrogen and oxygen atoms in total. The largest absolute Gasteiger partial charge is 0.324 e. The third-order valence-electron chi connectivity index (χ3n) is 4.25. The van der Waals surface area contributed by atoms with Gasteiger partial charge in [0.15, 0.2) is 0 Å². The van der Waals surface area contributed by atoms with Gasteiger partial charge in [0.25, 0.3) is 0 Å². The van der Waals surface area contributed by atoms with Crippen LogP contribution in [-0.2, 0) is 4.79 Å². The van der Waals surface area contributed by atoms with Gasteiger partial charge in [-0.1, -0.05) is 27.5 Å². The Kier molecular flexibility index (Phi) is 4.84. The van der Waals surface area contributed by atoms with Gasteiger partial charge in [0.2, 0.25) is 5.91 Å². The Morgan fingerprint density at radius 1 is 1.48 bits per heavy atom. The maximum absolute atomic E-state index is 12.2. The molecule has 1 aromatic carbocycles. The van der Waals surface area contributed by atoms with E-state index in [2.05, 4.69) is 31.5 Å². The van der Waals surface area contributed by atoms with E-state index in [0.717, 1.165) is 24.1 Å². The maximum Gasteiger partial charge on any atom is 0.238 e. The Morgan fingerprint density at radius 3 is 3.10 bits per heavy atom. The first-order chi connectivity index (χ1) is 10.1. The van der Waals surface area contributed by atoms with Crippen LogP contribution in [0.3, 0.4) is 0 Å². The molecule has 21 heavy (non-hydrogen) atoms. The van der Waals surface area contributed by atoms with Crippen LogP contribution in [0, 0.1) is 5.92 Å². The summed E-state index contributed by atoms with van der Waals surface area (Å²) in [6, 6.07) is 6.03. The van der Waals surface area contributed by atoms with E-state index < -0.39 is 0 Å². The monoisotopic (exact) mass is 371 g/mol. The summed E-state index contributed by atoms with van der Waals surface area (Å²) in [4.78, 5) is 14.4. The molecule has 1 aromatic rings. The van der Waals surface area contributed by atoms with Gasteiger partial charge in [0.1, 0.15) is 0 Å². The van der Waals surface area contributed by atoms with Crippen LogP contribution in [0.15, 0.2) is 22.7 Å². The molecule has 0 bridgehead atoms. The zero-order valence-corrected chi connectivity index (χ0v) is 14.1. The van der Waals surface area contributed by atoms with Crippen molar-refractivity contribution in [1.82, 2.24) is 10.2 Å². The van der Waals surface area contributed by atoms with Gasteiger partial charge < -0.3 is 10.6 Å². The first-order valence-electron chi connectivity index (χ1n) is 7.32. The summed E-state index contributed by atoms with van der Waals surface area (Å²) in [7, 11) is 0. The highest BCUT2D eigenvalue weighted by Crippen LogP contribution is 2.27. The fourth-order valence-corrected chi connectivity index (χ4v) is 3.97. The van der Waals surface area contributed by atoms with Crippen molar-refractivity contribution in [3.8, 4) is 0 Å². The van der Waals surface area contributed by atoms with Crippen LogP contribution in [0.25, 0.3) is 0 Å². The molecule has 0 radical (unpaired) electrons. The number of anilines is 1. The number of hydrogen-bond donors (Lipinski definition) is 2. The average Bonchev–Trinajstić information content (AvgIpc) is 2.84. The first-order valence-corrected chi connectivity index (χ1v) is 8.49. The van der Waals surface area contributed by atoms with Gasteiger partial charge in [-0.2, -0.15) is 0 Å². The van der Waals surface area contributed by atoms with Crippen molar-refractivity contribution < 1.29 is 4.79 Å². The molecule has 2 atom stereocenters. The van der Waals surface area contributed by atoms with Crippen LogP contribution in [0.1, 0.15) is 12.8 Å². The maximum atomic E-state index is 12.2. The lowest BCUT2D eigenvalue weighted by molar-refractivity contribution is -0.117. The number of rotatable bonds is 3. The number of hydrogen-bond acceptors (Lipinski definition) is 3. The summed E-state index contributed by atoms with van der Waals surface area (Å²) < 4.78 is 0.903. The fourth-order valence-electron chi connectivity index (χ4n) is 3.25. The van der Waals surface area contributed by atoms with Gasteiger partial charge in [-0.3, -0.25) is 9.69 Å². The normalized spacial score (nSPS) is 25.6. The predicted octanol–water partition coefficient (Wildman–Crippen LogP) is 2.72. The minimum Gasteiger partial charge on any atom is -0.324 e. The van der Waals surface area contributed by atoms with Crippen LogP contribution >= 0.6 is 27.5 Å². The minimum absolute atomic E-state index is 0.00197. The smallest absolute Gasteiger partial charge is 0.238 e. The molecule has 2 saturated heterocycles. The molecule has 0 spiro atoms. The number of benzene rings is 1. The van der Waals surface area contributed by atoms with Gasteiger partial charge in [0.05, 0.1) is 17.3 Å². The number of piperidine rings is 1. The highest BCUT2D eigenvalue weighted by Gasteiger charge is 2.34. The molecule has 0 unspecified atom stereocenters. The molecular weight excluding hydrogens is 354 g/mol. The number of nitrogens with zero attached hydrogens (tertiary/aromatic N) is 1. The highest BCUT2D eigenvalue weighted by molar-refractivity contribution is 9.10. The fraction of sp³-hybridized carbons (Fsp3) is 0.533. The van der Waals surface area contributed by atoms with Crippen molar-refractivity contribution in [2.45, 2.75) is 18.9 Å². The number of nitrogens with one attached hydrogen (secondary N) is 2. The lowest BCUT2D eigenvalue weighted by atomic mass is 9.94. The summed E-state index contributed by atoms with van der Waals surface area (Å²) in [5, 5.41) is 6.99. The number of fused-ring (bicyclic) bond motifs is 1. The molecule has 0 aromatic heterocycles. The second kappa shape index (κ2) is 6.65. The highest BCUT2D eigenvalue weighted by atomic mass is 79.9. The molecule has 2 fully saturated rings. The van der Waals surface area contributed by atoms with Crippen molar-refractivity contribution in [3.05, 3.63) is 27.7 Å². The molecule has 2 aliphatic heterocycles. The zero-order valence-electron chi connectivity index (χ0n) is 11.7. The second-order valence-electron chi connectivity index (χ2n) is 5.83. The van der Waals surface area contributed by atoms with E-state index in [1.807, 2.05) is 12.1 Å². The Balaban J connectivity index is 1.55. The molecular formula is C15H19BrClN3O. The summed E-state index contributed by atoms with van der Waals surface area (Å²) in [6.07, 6.45) is 2.52. The number of carbonyl (C=O) groups is 1. The van der Waals surface area contributed by atoms with Crippen LogP contribution in [-0.4, -0.2) is 43.0 Å². The van der Waals surface area contributed by atoms with Gasteiger partial charge in [0, 0.05) is 23.6 Å². The van der Waals surface area contributed by atoms with Gasteiger partial charge in [-0.15, -0.1) is 0 Å². The van der Waals surface area contributed by atoms with Crippen LogP contribution < -0.4 is 10.6 Å². The predicted molar refractivity (Wildman–Crippen MR) is 88.7 cm³/mol. The third kappa shape index (κ3) is 3.77. The Hall–Kier alpha value is -0.620. The lowest BCUT2D eigenvalue weighted by Gasteiger charge is -2.24. The molecule has 2 aliphatic rings. The van der Waals surface area contributed by atoms with E-state index in [1.165, 1.54) is 12.8 Å². The van der Waals surface area contributed by atoms with Crippen LogP contribution in [0.4, 0.5) is 5.69 Å². The van der Waals surface area contributed by atoms with E-state index in [-0.39, 0.29) is 5.91 Å². The molecule has 2 heterocycles. The summed E-state index contributed by atoms with van der Waals surface area (Å²) >= 11 is 9.48. The summed E-state index contributed by atoms with van der Waals surface area (Å²) in [5.41, 5.74) is 0.666. The van der Waals surface area contributed by atoms with E-state index >= 15 is 0 Å². The number of likely N-dealkylation sites (tertiary alicyclic amines) is 1. The molecule has 2 N–H and O–H groups in total. The Morgan fingerprint density at radius 2 is 2.33 bits per heavy atom. The van der Waals surface area contributed by atoms with Crippen molar-refractivity contribution in [2.75, 3.05) is 31.5 Å². The Bertz CT molecular complexity index is 526. The molecule has 0 aliphatic carbocycles. The Labute approximate surface area is 138 Å². The SMILES string of the molecule is O=C(CN1C[C@@H]2CCCN[C@@H]2C1)Nc1ccc(Br)cc1Cl. The lowest BCUT2D eigenvalue weighted by Crippen LogP contribution is -2.41. The number of amides is 1. The van der Waals surface area contributed by atoms with Gasteiger partial charge in [-0.25, -0.2) is 0 Å². The number of carbonyl (C=O) groups excluding carboxylic acids is 1. The van der Waals surface area contributed by atoms with Crippen LogP contribution in [0.5, 0.6) is 0 Å². The van der Waals surface area contributed by atoms with Crippen molar-refractivity contribution in [3.63, 3.8) is 0 Å². The van der Waals surface area contributed by atoms with E-state index in [1.54, 1.807) is 6.07 Å². The molecule has 0 saturated carbocycles. The van der Waals surface area contributed by atoms with Gasteiger partial charge in [-0.05, 0) is 43.5 Å². The third-order valence-corrected chi connectivity index (χ3v) is 5.05. The molecule has 114 valence electrons.